The number of carbonyl (C=O) groups is 2. The summed E-state index contributed by atoms with van der Waals surface area (Å²) in [4.78, 5) is 26.3. The van der Waals surface area contributed by atoms with Gasteiger partial charge in [0.15, 0.2) is 0 Å². The van der Waals surface area contributed by atoms with E-state index in [4.69, 9.17) is 0 Å². The van der Waals surface area contributed by atoms with Gasteiger partial charge in [-0.05, 0) is 48.2 Å². The number of benzene rings is 2. The topological polar surface area (TPSA) is 37.4 Å². The first-order valence-corrected chi connectivity index (χ1v) is 7.26. The lowest BCUT2D eigenvalue weighted by molar-refractivity contribution is 0.0926. The SMILES string of the molecule is CCc1ccc(N2C(=O)c3ccc(CC)cc3C2=O)cc1. The van der Waals surface area contributed by atoms with Crippen LogP contribution in [0.3, 0.4) is 0 Å². The van der Waals surface area contributed by atoms with E-state index >= 15 is 0 Å². The van der Waals surface area contributed by atoms with Crippen LogP contribution in [0.25, 0.3) is 0 Å². The zero-order valence-electron chi connectivity index (χ0n) is 12.2. The maximum atomic E-state index is 12.5. The number of imide groups is 1. The van der Waals surface area contributed by atoms with Crippen molar-refractivity contribution in [2.24, 2.45) is 0 Å². The summed E-state index contributed by atoms with van der Waals surface area (Å²) < 4.78 is 0. The van der Waals surface area contributed by atoms with Gasteiger partial charge in [0.1, 0.15) is 0 Å². The van der Waals surface area contributed by atoms with Crippen LogP contribution < -0.4 is 4.90 Å². The number of rotatable bonds is 3. The molecule has 3 heteroatoms. The van der Waals surface area contributed by atoms with Crippen molar-refractivity contribution in [2.45, 2.75) is 26.7 Å². The predicted octanol–water partition coefficient (Wildman–Crippen LogP) is 3.61. The number of carbonyl (C=O) groups excluding carboxylic acids is 2. The van der Waals surface area contributed by atoms with E-state index in [2.05, 4.69) is 6.92 Å². The molecule has 2 aromatic carbocycles. The van der Waals surface area contributed by atoms with Gasteiger partial charge in [0.05, 0.1) is 16.8 Å². The monoisotopic (exact) mass is 279 g/mol. The van der Waals surface area contributed by atoms with Crippen molar-refractivity contribution in [3.63, 3.8) is 0 Å². The van der Waals surface area contributed by atoms with E-state index in [-0.39, 0.29) is 11.8 Å². The van der Waals surface area contributed by atoms with Gasteiger partial charge in [-0.2, -0.15) is 0 Å². The van der Waals surface area contributed by atoms with Crippen LogP contribution in [0.1, 0.15) is 45.7 Å². The largest absolute Gasteiger partial charge is 0.268 e. The Morgan fingerprint density at radius 1 is 0.762 bits per heavy atom. The van der Waals surface area contributed by atoms with Gasteiger partial charge in [-0.3, -0.25) is 9.59 Å². The summed E-state index contributed by atoms with van der Waals surface area (Å²) in [6.45, 7) is 4.10. The molecule has 0 spiro atoms. The Morgan fingerprint density at radius 2 is 1.33 bits per heavy atom. The summed E-state index contributed by atoms with van der Waals surface area (Å²) in [6.07, 6.45) is 1.78. The molecule has 0 bridgehead atoms. The summed E-state index contributed by atoms with van der Waals surface area (Å²) in [5.41, 5.74) is 3.90. The van der Waals surface area contributed by atoms with Crippen molar-refractivity contribution in [1.29, 1.82) is 0 Å². The summed E-state index contributed by atoms with van der Waals surface area (Å²) in [5, 5.41) is 0. The molecule has 0 fully saturated rings. The van der Waals surface area contributed by atoms with Crippen LogP contribution in [0.5, 0.6) is 0 Å². The van der Waals surface area contributed by atoms with Crippen LogP contribution in [0.2, 0.25) is 0 Å². The third-order valence-electron chi connectivity index (χ3n) is 3.96. The Balaban J connectivity index is 2.02. The van der Waals surface area contributed by atoms with Gasteiger partial charge >= 0.3 is 0 Å². The minimum absolute atomic E-state index is 0.227. The quantitative estimate of drug-likeness (QED) is 0.805. The second-order valence-electron chi connectivity index (χ2n) is 5.20. The van der Waals surface area contributed by atoms with Crippen LogP contribution in [0.4, 0.5) is 5.69 Å². The van der Waals surface area contributed by atoms with Crippen molar-refractivity contribution in [1.82, 2.24) is 0 Å². The van der Waals surface area contributed by atoms with E-state index in [9.17, 15) is 9.59 Å². The van der Waals surface area contributed by atoms with Crippen molar-refractivity contribution in [3.8, 4) is 0 Å². The Kier molecular flexibility index (Phi) is 3.34. The van der Waals surface area contributed by atoms with E-state index < -0.39 is 0 Å². The smallest absolute Gasteiger partial charge is 0.266 e. The molecule has 106 valence electrons. The average molecular weight is 279 g/mol. The van der Waals surface area contributed by atoms with Gasteiger partial charge in [0.2, 0.25) is 0 Å². The molecule has 0 saturated carbocycles. The Hall–Kier alpha value is -2.42. The van der Waals surface area contributed by atoms with Gasteiger partial charge in [0.25, 0.3) is 11.8 Å². The van der Waals surface area contributed by atoms with E-state index in [1.165, 1.54) is 10.5 Å². The normalized spacial score (nSPS) is 13.7. The second kappa shape index (κ2) is 5.17. The van der Waals surface area contributed by atoms with Gasteiger partial charge in [0, 0.05) is 0 Å². The fraction of sp³-hybridized carbons (Fsp3) is 0.222. The van der Waals surface area contributed by atoms with Crippen LogP contribution in [0.15, 0.2) is 42.5 Å². The highest BCUT2D eigenvalue weighted by atomic mass is 16.2. The van der Waals surface area contributed by atoms with Gasteiger partial charge < -0.3 is 0 Å². The number of fused-ring (bicyclic) bond motifs is 1. The number of aryl methyl sites for hydroxylation is 2. The maximum absolute atomic E-state index is 12.5. The Morgan fingerprint density at radius 3 is 1.95 bits per heavy atom. The fourth-order valence-corrected chi connectivity index (χ4v) is 2.62. The molecule has 0 aromatic heterocycles. The van der Waals surface area contributed by atoms with Gasteiger partial charge in [-0.1, -0.05) is 32.0 Å². The number of amides is 2. The number of hydrogen-bond donors (Lipinski definition) is 0. The average Bonchev–Trinajstić information content (AvgIpc) is 2.78. The lowest BCUT2D eigenvalue weighted by atomic mass is 10.0. The molecule has 3 nitrogen and oxygen atoms in total. The molecule has 1 aliphatic rings. The molecule has 2 amide bonds. The molecule has 2 aromatic rings. The van der Waals surface area contributed by atoms with E-state index in [0.717, 1.165) is 18.4 Å². The first-order chi connectivity index (χ1) is 10.2. The molecule has 0 aliphatic carbocycles. The molecular formula is C18H17NO2. The van der Waals surface area contributed by atoms with Crippen molar-refractivity contribution >= 4 is 17.5 Å². The summed E-state index contributed by atoms with van der Waals surface area (Å²) in [6, 6.07) is 13.1. The predicted molar refractivity (Wildman–Crippen MR) is 82.8 cm³/mol. The van der Waals surface area contributed by atoms with Crippen LogP contribution in [-0.2, 0) is 12.8 Å². The van der Waals surface area contributed by atoms with E-state index in [0.29, 0.717) is 16.8 Å². The molecule has 0 N–H and O–H groups in total. The van der Waals surface area contributed by atoms with Gasteiger partial charge in [-0.25, -0.2) is 4.90 Å². The minimum Gasteiger partial charge on any atom is -0.268 e. The number of hydrogen-bond acceptors (Lipinski definition) is 2. The van der Waals surface area contributed by atoms with Crippen molar-refractivity contribution in [3.05, 3.63) is 64.7 Å². The minimum atomic E-state index is -0.234. The third kappa shape index (κ3) is 2.15. The lowest BCUT2D eigenvalue weighted by Crippen LogP contribution is -2.29. The fourth-order valence-electron chi connectivity index (χ4n) is 2.62. The van der Waals surface area contributed by atoms with Crippen molar-refractivity contribution in [2.75, 3.05) is 4.90 Å². The summed E-state index contributed by atoms with van der Waals surface area (Å²) in [7, 11) is 0. The van der Waals surface area contributed by atoms with Gasteiger partial charge in [-0.15, -0.1) is 0 Å². The highest BCUT2D eigenvalue weighted by molar-refractivity contribution is 6.34. The molecular weight excluding hydrogens is 262 g/mol. The van der Waals surface area contributed by atoms with Crippen molar-refractivity contribution < 1.29 is 9.59 Å². The molecule has 0 radical (unpaired) electrons. The van der Waals surface area contributed by atoms with E-state index in [1.807, 2.05) is 43.3 Å². The van der Waals surface area contributed by atoms with Crippen LogP contribution in [-0.4, -0.2) is 11.8 Å². The third-order valence-corrected chi connectivity index (χ3v) is 3.96. The highest BCUT2D eigenvalue weighted by Gasteiger charge is 2.36. The molecule has 0 unspecified atom stereocenters. The van der Waals surface area contributed by atoms with Crippen LogP contribution in [0, 0.1) is 0 Å². The first kappa shape index (κ1) is 13.6. The molecule has 0 saturated heterocycles. The van der Waals surface area contributed by atoms with Crippen LogP contribution >= 0.6 is 0 Å². The summed E-state index contributed by atoms with van der Waals surface area (Å²) in [5.74, 6) is -0.462. The lowest BCUT2D eigenvalue weighted by Gasteiger charge is -2.14. The number of anilines is 1. The van der Waals surface area contributed by atoms with E-state index in [1.54, 1.807) is 6.07 Å². The summed E-state index contributed by atoms with van der Waals surface area (Å²) >= 11 is 0. The Labute approximate surface area is 124 Å². The zero-order valence-corrected chi connectivity index (χ0v) is 12.2. The molecule has 0 atom stereocenters. The first-order valence-electron chi connectivity index (χ1n) is 7.26. The molecule has 1 heterocycles. The standard InChI is InChI=1S/C18H17NO2/c1-3-12-5-8-14(9-6-12)19-17(20)15-10-7-13(4-2)11-16(15)18(19)21/h5-11H,3-4H2,1-2H3. The molecule has 3 rings (SSSR count). The molecule has 21 heavy (non-hydrogen) atoms. The molecule has 1 aliphatic heterocycles. The number of nitrogens with zero attached hydrogens (tertiary/aromatic N) is 1. The zero-order chi connectivity index (χ0) is 15.0. The second-order valence-corrected chi connectivity index (χ2v) is 5.20. The Bertz CT molecular complexity index is 716. The maximum Gasteiger partial charge on any atom is 0.266 e. The highest BCUT2D eigenvalue weighted by Crippen LogP contribution is 2.29.